The zero-order chi connectivity index (χ0) is 19.7. The van der Waals surface area contributed by atoms with Crippen LogP contribution in [0.1, 0.15) is 46.1 Å². The van der Waals surface area contributed by atoms with Gasteiger partial charge in [-0.1, -0.05) is 23.7 Å². The summed E-state index contributed by atoms with van der Waals surface area (Å²) in [4.78, 5) is 36.1. The quantitative estimate of drug-likeness (QED) is 0.692. The molecule has 6 nitrogen and oxygen atoms in total. The summed E-state index contributed by atoms with van der Waals surface area (Å²) in [7, 11) is 0. The number of Topliss-reactive ketones (excluding diaryl/α,β-unsaturated/α-hetero) is 1. The van der Waals surface area contributed by atoms with Gasteiger partial charge >= 0.3 is 12.1 Å². The Labute approximate surface area is 159 Å². The standard InChI is InChI=1S/C19H26ClNO5/c1-5-25-17(23)16(21-18(24)26-19(2,3)4)10-9-15(22)12-13-7-6-8-14(20)11-13/h6-8,11,16H,5,9-10,12H2,1-4H3,(H,21,24)/t16-/m0/s1. The molecule has 0 heterocycles. The molecule has 1 aromatic rings. The fourth-order valence-corrected chi connectivity index (χ4v) is 2.42. The van der Waals surface area contributed by atoms with Gasteiger partial charge in [-0.05, 0) is 51.8 Å². The van der Waals surface area contributed by atoms with Gasteiger partial charge in [0.25, 0.3) is 0 Å². The van der Waals surface area contributed by atoms with E-state index >= 15 is 0 Å². The highest BCUT2D eigenvalue weighted by molar-refractivity contribution is 6.30. The fraction of sp³-hybridized carbons (Fsp3) is 0.526. The van der Waals surface area contributed by atoms with Crippen molar-refractivity contribution < 1.29 is 23.9 Å². The Morgan fingerprint density at radius 3 is 2.50 bits per heavy atom. The van der Waals surface area contributed by atoms with Crippen molar-refractivity contribution >= 4 is 29.4 Å². The third kappa shape index (κ3) is 8.85. The topological polar surface area (TPSA) is 81.7 Å². The largest absolute Gasteiger partial charge is 0.464 e. The normalized spacial score (nSPS) is 12.2. The molecule has 0 saturated carbocycles. The molecule has 0 aliphatic carbocycles. The van der Waals surface area contributed by atoms with Crippen LogP contribution in [0, 0.1) is 0 Å². The average molecular weight is 384 g/mol. The average Bonchev–Trinajstić information content (AvgIpc) is 2.49. The smallest absolute Gasteiger partial charge is 0.408 e. The Bertz CT molecular complexity index is 639. The molecule has 0 bridgehead atoms. The van der Waals surface area contributed by atoms with Crippen molar-refractivity contribution in [1.82, 2.24) is 5.32 Å². The van der Waals surface area contributed by atoms with Crippen LogP contribution in [0.2, 0.25) is 5.02 Å². The number of ether oxygens (including phenoxy) is 2. The monoisotopic (exact) mass is 383 g/mol. The summed E-state index contributed by atoms with van der Waals surface area (Å²) in [6.45, 7) is 7.02. The molecule has 1 amide bonds. The van der Waals surface area contributed by atoms with E-state index in [1.807, 2.05) is 6.07 Å². The molecule has 1 aromatic carbocycles. The number of halogens is 1. The maximum absolute atomic E-state index is 12.2. The molecule has 0 aliphatic rings. The van der Waals surface area contributed by atoms with Gasteiger partial charge < -0.3 is 14.8 Å². The molecule has 1 atom stereocenters. The molecule has 26 heavy (non-hydrogen) atoms. The van der Waals surface area contributed by atoms with E-state index in [1.54, 1.807) is 45.9 Å². The Kier molecular flexibility index (Phi) is 8.58. The third-order valence-corrected chi connectivity index (χ3v) is 3.50. The van der Waals surface area contributed by atoms with E-state index in [-0.39, 0.29) is 31.7 Å². The molecule has 0 radical (unpaired) electrons. The number of nitrogens with one attached hydrogen (secondary N) is 1. The second kappa shape index (κ2) is 10.2. The Morgan fingerprint density at radius 2 is 1.92 bits per heavy atom. The van der Waals surface area contributed by atoms with Crippen molar-refractivity contribution in [3.8, 4) is 0 Å². The summed E-state index contributed by atoms with van der Waals surface area (Å²) in [6, 6.07) is 6.11. The molecular formula is C19H26ClNO5. The number of alkyl carbamates (subject to hydrolysis) is 1. The van der Waals surface area contributed by atoms with Gasteiger partial charge in [0.2, 0.25) is 0 Å². The van der Waals surface area contributed by atoms with Gasteiger partial charge in [-0.15, -0.1) is 0 Å². The van der Waals surface area contributed by atoms with Crippen LogP contribution < -0.4 is 5.32 Å². The fourth-order valence-electron chi connectivity index (χ4n) is 2.21. The molecule has 1 N–H and O–H groups in total. The molecule has 0 saturated heterocycles. The summed E-state index contributed by atoms with van der Waals surface area (Å²) in [5.41, 5.74) is 0.112. The highest BCUT2D eigenvalue weighted by Crippen LogP contribution is 2.13. The van der Waals surface area contributed by atoms with Crippen LogP contribution in [-0.4, -0.2) is 36.1 Å². The van der Waals surface area contributed by atoms with Crippen molar-refractivity contribution in [3.63, 3.8) is 0 Å². The first kappa shape index (κ1) is 22.0. The predicted octanol–water partition coefficient (Wildman–Crippen LogP) is 3.69. The number of rotatable bonds is 8. The molecule has 1 rings (SSSR count). The first-order chi connectivity index (χ1) is 12.1. The predicted molar refractivity (Wildman–Crippen MR) is 99.2 cm³/mol. The van der Waals surface area contributed by atoms with Crippen LogP contribution >= 0.6 is 11.6 Å². The minimum Gasteiger partial charge on any atom is -0.464 e. The summed E-state index contributed by atoms with van der Waals surface area (Å²) < 4.78 is 10.1. The van der Waals surface area contributed by atoms with Gasteiger partial charge in [-0.3, -0.25) is 4.79 Å². The van der Waals surface area contributed by atoms with Crippen LogP contribution in [0.3, 0.4) is 0 Å². The zero-order valence-corrected chi connectivity index (χ0v) is 16.4. The van der Waals surface area contributed by atoms with Gasteiger partial charge in [0.1, 0.15) is 17.4 Å². The molecule has 0 fully saturated rings. The summed E-state index contributed by atoms with van der Waals surface area (Å²) in [6.07, 6.45) is -0.260. The summed E-state index contributed by atoms with van der Waals surface area (Å²) in [5.74, 6) is -0.651. The molecule has 144 valence electrons. The van der Waals surface area contributed by atoms with Crippen molar-refractivity contribution in [3.05, 3.63) is 34.9 Å². The third-order valence-electron chi connectivity index (χ3n) is 3.26. The van der Waals surface area contributed by atoms with Crippen LogP contribution in [0.25, 0.3) is 0 Å². The molecule has 0 aliphatic heterocycles. The molecule has 0 spiro atoms. The lowest BCUT2D eigenvalue weighted by molar-refractivity contribution is -0.145. The number of esters is 1. The second-order valence-electron chi connectivity index (χ2n) is 6.83. The first-order valence-corrected chi connectivity index (χ1v) is 8.91. The highest BCUT2D eigenvalue weighted by Gasteiger charge is 2.26. The minimum atomic E-state index is -0.937. The number of carbonyl (C=O) groups is 3. The molecule has 0 unspecified atom stereocenters. The number of ketones is 1. The lowest BCUT2D eigenvalue weighted by atomic mass is 10.0. The summed E-state index contributed by atoms with van der Waals surface area (Å²) in [5, 5.41) is 3.04. The van der Waals surface area contributed by atoms with Crippen LogP contribution in [0.15, 0.2) is 24.3 Å². The van der Waals surface area contributed by atoms with Crippen LogP contribution in [0.4, 0.5) is 4.79 Å². The van der Waals surface area contributed by atoms with E-state index in [2.05, 4.69) is 5.32 Å². The van der Waals surface area contributed by atoms with Gasteiger partial charge in [-0.2, -0.15) is 0 Å². The van der Waals surface area contributed by atoms with E-state index in [9.17, 15) is 14.4 Å². The first-order valence-electron chi connectivity index (χ1n) is 8.53. The van der Waals surface area contributed by atoms with Crippen LogP contribution in [0.5, 0.6) is 0 Å². The van der Waals surface area contributed by atoms with Gasteiger partial charge in [0.15, 0.2) is 0 Å². The Hall–Kier alpha value is -2.08. The van der Waals surface area contributed by atoms with E-state index in [0.717, 1.165) is 5.56 Å². The number of amides is 1. The van der Waals surface area contributed by atoms with Gasteiger partial charge in [0.05, 0.1) is 6.61 Å². The van der Waals surface area contributed by atoms with Crippen molar-refractivity contribution in [2.75, 3.05) is 6.61 Å². The molecular weight excluding hydrogens is 358 g/mol. The van der Waals surface area contributed by atoms with E-state index in [0.29, 0.717) is 5.02 Å². The molecule has 7 heteroatoms. The Morgan fingerprint density at radius 1 is 1.23 bits per heavy atom. The number of hydrogen-bond acceptors (Lipinski definition) is 5. The minimum absolute atomic E-state index is 0.0625. The van der Waals surface area contributed by atoms with Gasteiger partial charge in [0, 0.05) is 17.9 Å². The lowest BCUT2D eigenvalue weighted by Gasteiger charge is -2.22. The summed E-state index contributed by atoms with van der Waals surface area (Å²) >= 11 is 5.91. The maximum atomic E-state index is 12.2. The second-order valence-corrected chi connectivity index (χ2v) is 7.27. The van der Waals surface area contributed by atoms with E-state index < -0.39 is 23.7 Å². The highest BCUT2D eigenvalue weighted by atomic mass is 35.5. The Balaban J connectivity index is 2.63. The maximum Gasteiger partial charge on any atom is 0.408 e. The van der Waals surface area contributed by atoms with E-state index in [1.165, 1.54) is 0 Å². The zero-order valence-electron chi connectivity index (χ0n) is 15.6. The van der Waals surface area contributed by atoms with E-state index in [4.69, 9.17) is 21.1 Å². The number of hydrogen-bond donors (Lipinski definition) is 1. The number of carbonyl (C=O) groups excluding carboxylic acids is 3. The van der Waals surface area contributed by atoms with Crippen molar-refractivity contribution in [1.29, 1.82) is 0 Å². The van der Waals surface area contributed by atoms with Gasteiger partial charge in [-0.25, -0.2) is 9.59 Å². The van der Waals surface area contributed by atoms with Crippen molar-refractivity contribution in [2.45, 2.75) is 58.6 Å². The SMILES string of the molecule is CCOC(=O)[C@H](CCC(=O)Cc1cccc(Cl)c1)NC(=O)OC(C)(C)C. The van der Waals surface area contributed by atoms with Crippen LogP contribution in [-0.2, 0) is 25.5 Å². The lowest BCUT2D eigenvalue weighted by Crippen LogP contribution is -2.44. The molecule has 0 aromatic heterocycles. The van der Waals surface area contributed by atoms with Crippen molar-refractivity contribution in [2.24, 2.45) is 0 Å². The number of benzene rings is 1.